The Morgan fingerprint density at radius 1 is 1.67 bits per heavy atom. The fourth-order valence-electron chi connectivity index (χ4n) is 1.72. The lowest BCUT2D eigenvalue weighted by Gasteiger charge is -2.21. The van der Waals surface area contributed by atoms with Gasteiger partial charge in [-0.15, -0.1) is 11.3 Å². The van der Waals surface area contributed by atoms with Gasteiger partial charge in [-0.25, -0.2) is 0 Å². The number of rotatable bonds is 2. The van der Waals surface area contributed by atoms with Crippen molar-refractivity contribution in [3.8, 4) is 0 Å². The van der Waals surface area contributed by atoms with E-state index in [2.05, 4.69) is 11.9 Å². The molecule has 4 heteroatoms. The summed E-state index contributed by atoms with van der Waals surface area (Å²) in [6, 6.07) is 1.45. The normalized spacial score (nSPS) is 19.5. The van der Waals surface area contributed by atoms with Crippen LogP contribution < -0.4 is 5.32 Å². The van der Waals surface area contributed by atoms with Crippen LogP contribution in [0.5, 0.6) is 0 Å². The molecule has 0 aliphatic heterocycles. The van der Waals surface area contributed by atoms with Crippen LogP contribution in [0.2, 0.25) is 0 Å². The second-order valence-electron chi connectivity index (χ2n) is 3.43. The average molecular weight is 221 g/mol. The third-order valence-electron chi connectivity index (χ3n) is 2.49. The van der Waals surface area contributed by atoms with Gasteiger partial charge in [-0.2, -0.15) is 0 Å². The fourth-order valence-corrected chi connectivity index (χ4v) is 2.62. The van der Waals surface area contributed by atoms with E-state index >= 15 is 0 Å². The number of carbonyl (C=O) groups excluding carboxylic acids is 2. The maximum Gasteiger partial charge on any atom is 0.243 e. The molecule has 0 spiro atoms. The van der Waals surface area contributed by atoms with Crippen LogP contribution in [-0.4, -0.2) is 17.7 Å². The molecule has 1 N–H and O–H groups in total. The predicted octanol–water partition coefficient (Wildman–Crippen LogP) is 1.55. The number of ketones is 1. The van der Waals surface area contributed by atoms with Gasteiger partial charge in [0.2, 0.25) is 5.91 Å². The first-order valence-electron chi connectivity index (χ1n) is 4.76. The van der Waals surface area contributed by atoms with Gasteiger partial charge in [0.15, 0.2) is 5.78 Å². The van der Waals surface area contributed by atoms with Gasteiger partial charge in [0.05, 0.1) is 6.04 Å². The highest BCUT2D eigenvalue weighted by Gasteiger charge is 2.28. The van der Waals surface area contributed by atoms with Gasteiger partial charge in [0.1, 0.15) is 0 Å². The molecule has 1 aromatic rings. The number of thiophene rings is 1. The quantitative estimate of drug-likeness (QED) is 0.770. The van der Waals surface area contributed by atoms with E-state index in [4.69, 9.17) is 0 Å². The molecule has 1 unspecified atom stereocenters. The van der Waals surface area contributed by atoms with E-state index in [0.29, 0.717) is 6.42 Å². The molecular weight excluding hydrogens is 210 g/mol. The fraction of sp³-hybridized carbons (Fsp3) is 0.273. The Kier molecular flexibility index (Phi) is 2.68. The van der Waals surface area contributed by atoms with Crippen molar-refractivity contribution >= 4 is 23.0 Å². The Balaban J connectivity index is 2.16. The third-order valence-corrected chi connectivity index (χ3v) is 3.47. The van der Waals surface area contributed by atoms with Gasteiger partial charge in [-0.05, 0) is 30.4 Å². The molecule has 1 amide bonds. The lowest BCUT2D eigenvalue weighted by atomic mass is 9.93. The summed E-state index contributed by atoms with van der Waals surface area (Å²) in [7, 11) is 0. The smallest absolute Gasteiger partial charge is 0.243 e. The minimum Gasteiger partial charge on any atom is -0.342 e. The highest BCUT2D eigenvalue weighted by Crippen LogP contribution is 2.26. The zero-order valence-electron chi connectivity index (χ0n) is 8.16. The number of hydrogen-bond donors (Lipinski definition) is 1. The second-order valence-corrected chi connectivity index (χ2v) is 4.43. The molecule has 0 bridgehead atoms. The first-order chi connectivity index (χ1) is 7.22. The second kappa shape index (κ2) is 3.98. The van der Waals surface area contributed by atoms with Crippen LogP contribution in [0.25, 0.3) is 0 Å². The van der Waals surface area contributed by atoms with Crippen molar-refractivity contribution in [2.24, 2.45) is 0 Å². The molecule has 0 saturated carbocycles. The first-order valence-corrected chi connectivity index (χ1v) is 5.64. The SMILES string of the molecule is C=CC(=O)NC1CCc2sccc2C1=O. The molecule has 0 saturated heterocycles. The molecule has 1 aliphatic carbocycles. The van der Waals surface area contributed by atoms with Crippen LogP contribution >= 0.6 is 11.3 Å². The lowest BCUT2D eigenvalue weighted by Crippen LogP contribution is -2.42. The number of carbonyl (C=O) groups is 2. The summed E-state index contributed by atoms with van der Waals surface area (Å²) in [5, 5.41) is 4.56. The summed E-state index contributed by atoms with van der Waals surface area (Å²) in [5.74, 6) is -0.264. The van der Waals surface area contributed by atoms with Crippen molar-refractivity contribution in [1.29, 1.82) is 0 Å². The summed E-state index contributed by atoms with van der Waals surface area (Å²) in [6.07, 6.45) is 2.74. The van der Waals surface area contributed by atoms with Gasteiger partial charge < -0.3 is 5.32 Å². The molecule has 0 radical (unpaired) electrons. The van der Waals surface area contributed by atoms with E-state index in [1.54, 1.807) is 11.3 Å². The first kappa shape index (κ1) is 10.1. The molecule has 2 rings (SSSR count). The molecule has 1 aromatic heterocycles. The van der Waals surface area contributed by atoms with E-state index in [9.17, 15) is 9.59 Å². The van der Waals surface area contributed by atoms with Gasteiger partial charge in [-0.1, -0.05) is 6.58 Å². The minimum absolute atomic E-state index is 0.0210. The summed E-state index contributed by atoms with van der Waals surface area (Å²) >= 11 is 1.60. The van der Waals surface area contributed by atoms with E-state index < -0.39 is 0 Å². The Bertz CT molecular complexity index is 422. The summed E-state index contributed by atoms with van der Waals surface area (Å²) in [5.41, 5.74) is 0.764. The van der Waals surface area contributed by atoms with Gasteiger partial charge in [0, 0.05) is 10.4 Å². The molecule has 78 valence electrons. The Morgan fingerprint density at radius 3 is 3.20 bits per heavy atom. The maximum atomic E-state index is 11.9. The van der Waals surface area contributed by atoms with Crippen molar-refractivity contribution in [2.45, 2.75) is 18.9 Å². The van der Waals surface area contributed by atoms with Crippen molar-refractivity contribution in [3.63, 3.8) is 0 Å². The standard InChI is InChI=1S/C11H11NO2S/c1-2-10(13)12-8-3-4-9-7(11(8)14)5-6-15-9/h2,5-6,8H,1,3-4H2,(H,12,13). The van der Waals surface area contributed by atoms with Crippen LogP contribution in [0.15, 0.2) is 24.1 Å². The largest absolute Gasteiger partial charge is 0.342 e. The van der Waals surface area contributed by atoms with Crippen molar-refractivity contribution in [2.75, 3.05) is 0 Å². The van der Waals surface area contributed by atoms with E-state index in [1.807, 2.05) is 11.4 Å². The lowest BCUT2D eigenvalue weighted by molar-refractivity contribution is -0.117. The minimum atomic E-state index is -0.377. The molecule has 1 atom stereocenters. The molecule has 0 fully saturated rings. The zero-order chi connectivity index (χ0) is 10.8. The third kappa shape index (κ3) is 1.85. The highest BCUT2D eigenvalue weighted by molar-refractivity contribution is 7.10. The van der Waals surface area contributed by atoms with E-state index in [1.165, 1.54) is 6.08 Å². The van der Waals surface area contributed by atoms with Gasteiger partial charge >= 0.3 is 0 Å². The summed E-state index contributed by atoms with van der Waals surface area (Å²) in [4.78, 5) is 24.1. The Labute approximate surface area is 91.8 Å². The summed E-state index contributed by atoms with van der Waals surface area (Å²) in [6.45, 7) is 3.36. The van der Waals surface area contributed by atoms with E-state index in [0.717, 1.165) is 16.9 Å². The van der Waals surface area contributed by atoms with Gasteiger partial charge in [0.25, 0.3) is 0 Å². The Morgan fingerprint density at radius 2 is 2.47 bits per heavy atom. The number of fused-ring (bicyclic) bond motifs is 1. The van der Waals surface area contributed by atoms with Crippen LogP contribution in [0.4, 0.5) is 0 Å². The number of nitrogens with one attached hydrogen (secondary N) is 1. The van der Waals surface area contributed by atoms with Crippen molar-refractivity contribution in [1.82, 2.24) is 5.32 Å². The highest BCUT2D eigenvalue weighted by atomic mass is 32.1. The van der Waals surface area contributed by atoms with Gasteiger partial charge in [-0.3, -0.25) is 9.59 Å². The molecular formula is C11H11NO2S. The van der Waals surface area contributed by atoms with Crippen LogP contribution in [0.3, 0.4) is 0 Å². The molecule has 1 aliphatic rings. The average Bonchev–Trinajstić information content (AvgIpc) is 2.70. The van der Waals surface area contributed by atoms with Crippen LogP contribution in [0.1, 0.15) is 21.7 Å². The number of amides is 1. The maximum absolute atomic E-state index is 11.9. The monoisotopic (exact) mass is 221 g/mol. The number of Topliss-reactive ketones (excluding diaryl/α,β-unsaturated/α-hetero) is 1. The molecule has 3 nitrogen and oxygen atoms in total. The van der Waals surface area contributed by atoms with Crippen LogP contribution in [-0.2, 0) is 11.2 Å². The predicted molar refractivity (Wildman–Crippen MR) is 59.1 cm³/mol. The number of hydrogen-bond acceptors (Lipinski definition) is 3. The molecule has 15 heavy (non-hydrogen) atoms. The van der Waals surface area contributed by atoms with Crippen molar-refractivity contribution < 1.29 is 9.59 Å². The zero-order valence-corrected chi connectivity index (χ0v) is 8.97. The molecule has 1 heterocycles. The molecule has 0 aromatic carbocycles. The van der Waals surface area contributed by atoms with E-state index in [-0.39, 0.29) is 17.7 Å². The Hall–Kier alpha value is -1.42. The topological polar surface area (TPSA) is 46.2 Å². The summed E-state index contributed by atoms with van der Waals surface area (Å²) < 4.78 is 0. The van der Waals surface area contributed by atoms with Crippen LogP contribution in [0, 0.1) is 0 Å². The number of aryl methyl sites for hydroxylation is 1. The van der Waals surface area contributed by atoms with Crippen molar-refractivity contribution in [3.05, 3.63) is 34.5 Å².